The molecule has 3 heteroatoms. The van der Waals surface area contributed by atoms with E-state index in [4.69, 9.17) is 5.73 Å². The molecule has 0 radical (unpaired) electrons. The fraction of sp³-hybridized carbons (Fsp3) is 0.750. The molecule has 1 aromatic rings. The molecule has 0 spiro atoms. The minimum absolute atomic E-state index is 0.253. The molecule has 0 aromatic carbocycles. The van der Waals surface area contributed by atoms with E-state index in [1.54, 1.807) is 0 Å². The average Bonchev–Trinajstić information content (AvgIpc) is 2.81. The van der Waals surface area contributed by atoms with E-state index in [0.717, 1.165) is 23.8 Å². The van der Waals surface area contributed by atoms with Crippen LogP contribution in [-0.4, -0.2) is 9.55 Å². The van der Waals surface area contributed by atoms with Gasteiger partial charge in [0.1, 0.15) is 11.6 Å². The predicted molar refractivity (Wildman–Crippen MR) is 62.8 cm³/mol. The Labute approximate surface area is 91.7 Å². The fourth-order valence-corrected chi connectivity index (χ4v) is 2.05. The van der Waals surface area contributed by atoms with Gasteiger partial charge < -0.3 is 10.3 Å². The van der Waals surface area contributed by atoms with Crippen molar-refractivity contribution in [3.05, 3.63) is 11.5 Å². The molecule has 2 N–H and O–H groups in total. The number of aryl methyl sites for hydroxylation is 1. The number of hydrogen-bond acceptors (Lipinski definition) is 2. The molecule has 3 nitrogen and oxygen atoms in total. The number of aromatic nitrogens is 2. The molecule has 0 saturated heterocycles. The standard InChI is InChI=1S/C12H21N3/c1-8-14-10(7-12(2,3)4)11(13)15(8)9-5-6-9/h9H,5-7,13H2,1-4H3. The highest BCUT2D eigenvalue weighted by atomic mass is 15.2. The van der Waals surface area contributed by atoms with Gasteiger partial charge in [-0.25, -0.2) is 4.98 Å². The van der Waals surface area contributed by atoms with Crippen LogP contribution < -0.4 is 5.73 Å². The molecular formula is C12H21N3. The third-order valence-corrected chi connectivity index (χ3v) is 2.81. The Morgan fingerprint density at radius 3 is 2.47 bits per heavy atom. The first-order chi connectivity index (χ1) is 6.88. The van der Waals surface area contributed by atoms with Crippen LogP contribution in [0.1, 0.15) is 51.2 Å². The van der Waals surface area contributed by atoms with Crippen molar-refractivity contribution in [2.75, 3.05) is 5.73 Å². The average molecular weight is 207 g/mol. The van der Waals surface area contributed by atoms with Crippen molar-refractivity contribution in [3.63, 3.8) is 0 Å². The van der Waals surface area contributed by atoms with E-state index in [0.29, 0.717) is 6.04 Å². The molecule has 0 aliphatic heterocycles. The molecule has 0 amide bonds. The molecule has 0 bridgehead atoms. The van der Waals surface area contributed by atoms with Gasteiger partial charge in [0.05, 0.1) is 5.69 Å². The van der Waals surface area contributed by atoms with Gasteiger partial charge in [0.25, 0.3) is 0 Å². The van der Waals surface area contributed by atoms with Crippen molar-refractivity contribution in [2.24, 2.45) is 5.41 Å². The predicted octanol–water partition coefficient (Wildman–Crippen LogP) is 2.70. The Morgan fingerprint density at radius 1 is 1.40 bits per heavy atom. The monoisotopic (exact) mass is 207 g/mol. The van der Waals surface area contributed by atoms with Crippen molar-refractivity contribution in [2.45, 2.75) is 53.0 Å². The highest BCUT2D eigenvalue weighted by molar-refractivity contribution is 5.40. The molecule has 0 atom stereocenters. The summed E-state index contributed by atoms with van der Waals surface area (Å²) in [5.74, 6) is 1.97. The Bertz CT molecular complexity index is 367. The first-order valence-electron chi connectivity index (χ1n) is 5.71. The van der Waals surface area contributed by atoms with Gasteiger partial charge in [-0.05, 0) is 31.6 Å². The maximum atomic E-state index is 6.15. The van der Waals surface area contributed by atoms with Crippen LogP contribution >= 0.6 is 0 Å². The van der Waals surface area contributed by atoms with Crippen molar-refractivity contribution in [1.29, 1.82) is 0 Å². The molecule has 15 heavy (non-hydrogen) atoms. The number of nitrogens with two attached hydrogens (primary N) is 1. The summed E-state index contributed by atoms with van der Waals surface area (Å²) in [7, 11) is 0. The number of imidazole rings is 1. The second-order valence-corrected chi connectivity index (χ2v) is 5.83. The van der Waals surface area contributed by atoms with Gasteiger partial charge in [-0.2, -0.15) is 0 Å². The molecular weight excluding hydrogens is 186 g/mol. The molecule has 1 fully saturated rings. The van der Waals surface area contributed by atoms with Crippen LogP contribution in [0.15, 0.2) is 0 Å². The van der Waals surface area contributed by atoms with E-state index in [2.05, 4.69) is 37.2 Å². The van der Waals surface area contributed by atoms with Crippen LogP contribution in [-0.2, 0) is 6.42 Å². The van der Waals surface area contributed by atoms with Gasteiger partial charge in [-0.3, -0.25) is 0 Å². The number of nitrogen functional groups attached to an aromatic ring is 1. The summed E-state index contributed by atoms with van der Waals surface area (Å²) in [6, 6.07) is 0.631. The fourth-order valence-electron chi connectivity index (χ4n) is 2.05. The minimum Gasteiger partial charge on any atom is -0.384 e. The Balaban J connectivity index is 2.29. The zero-order chi connectivity index (χ0) is 11.2. The number of anilines is 1. The summed E-state index contributed by atoms with van der Waals surface area (Å²) >= 11 is 0. The first-order valence-corrected chi connectivity index (χ1v) is 5.71. The van der Waals surface area contributed by atoms with Gasteiger partial charge in [-0.1, -0.05) is 20.8 Å². The normalized spacial score (nSPS) is 17.1. The van der Waals surface area contributed by atoms with E-state index in [-0.39, 0.29) is 5.41 Å². The van der Waals surface area contributed by atoms with Crippen LogP contribution in [0.25, 0.3) is 0 Å². The van der Waals surface area contributed by atoms with Crippen molar-refractivity contribution >= 4 is 5.82 Å². The summed E-state index contributed by atoms with van der Waals surface area (Å²) in [4.78, 5) is 4.59. The first kappa shape index (κ1) is 10.5. The Morgan fingerprint density at radius 2 is 2.00 bits per heavy atom. The molecule has 1 saturated carbocycles. The van der Waals surface area contributed by atoms with Gasteiger partial charge in [0, 0.05) is 6.04 Å². The van der Waals surface area contributed by atoms with E-state index >= 15 is 0 Å². The lowest BCUT2D eigenvalue weighted by Gasteiger charge is -2.16. The highest BCUT2D eigenvalue weighted by Crippen LogP contribution is 2.39. The molecule has 1 aliphatic rings. The SMILES string of the molecule is Cc1nc(CC(C)(C)C)c(N)n1C1CC1. The summed E-state index contributed by atoms with van der Waals surface area (Å²) in [5, 5.41) is 0. The second-order valence-electron chi connectivity index (χ2n) is 5.83. The number of nitrogens with zero attached hydrogens (tertiary/aromatic N) is 2. The third kappa shape index (κ3) is 2.16. The number of hydrogen-bond donors (Lipinski definition) is 1. The van der Waals surface area contributed by atoms with Gasteiger partial charge in [-0.15, -0.1) is 0 Å². The van der Waals surface area contributed by atoms with E-state index < -0.39 is 0 Å². The largest absolute Gasteiger partial charge is 0.384 e. The molecule has 0 unspecified atom stereocenters. The van der Waals surface area contributed by atoms with Crippen LogP contribution in [0.5, 0.6) is 0 Å². The summed E-state index contributed by atoms with van der Waals surface area (Å²) in [6.45, 7) is 8.72. The zero-order valence-corrected chi connectivity index (χ0v) is 10.2. The summed E-state index contributed by atoms with van der Waals surface area (Å²) in [6.07, 6.45) is 3.48. The molecule has 84 valence electrons. The smallest absolute Gasteiger partial charge is 0.127 e. The van der Waals surface area contributed by atoms with Crippen LogP contribution in [0.3, 0.4) is 0 Å². The zero-order valence-electron chi connectivity index (χ0n) is 10.2. The van der Waals surface area contributed by atoms with Gasteiger partial charge in [0.2, 0.25) is 0 Å². The van der Waals surface area contributed by atoms with Crippen LogP contribution in [0.4, 0.5) is 5.82 Å². The van der Waals surface area contributed by atoms with Crippen LogP contribution in [0.2, 0.25) is 0 Å². The van der Waals surface area contributed by atoms with Crippen molar-refractivity contribution < 1.29 is 0 Å². The third-order valence-electron chi connectivity index (χ3n) is 2.81. The molecule has 1 aliphatic carbocycles. The minimum atomic E-state index is 0.253. The maximum Gasteiger partial charge on any atom is 0.127 e. The number of rotatable bonds is 2. The van der Waals surface area contributed by atoms with Crippen LogP contribution in [0, 0.1) is 12.3 Å². The van der Waals surface area contributed by atoms with Crippen molar-refractivity contribution in [1.82, 2.24) is 9.55 Å². The lowest BCUT2D eigenvalue weighted by molar-refractivity contribution is 0.407. The summed E-state index contributed by atoms with van der Waals surface area (Å²) in [5.41, 5.74) is 7.48. The Hall–Kier alpha value is -0.990. The molecule has 1 heterocycles. The van der Waals surface area contributed by atoms with E-state index in [1.165, 1.54) is 12.8 Å². The quantitative estimate of drug-likeness (QED) is 0.810. The molecule has 1 aromatic heterocycles. The van der Waals surface area contributed by atoms with E-state index in [1.807, 2.05) is 0 Å². The Kier molecular flexibility index (Phi) is 2.28. The highest BCUT2D eigenvalue weighted by Gasteiger charge is 2.29. The topological polar surface area (TPSA) is 43.8 Å². The molecule has 2 rings (SSSR count). The maximum absolute atomic E-state index is 6.15. The summed E-state index contributed by atoms with van der Waals surface area (Å²) < 4.78 is 2.21. The van der Waals surface area contributed by atoms with Gasteiger partial charge >= 0.3 is 0 Å². The van der Waals surface area contributed by atoms with Gasteiger partial charge in [0.15, 0.2) is 0 Å². The lowest BCUT2D eigenvalue weighted by atomic mass is 9.90. The van der Waals surface area contributed by atoms with E-state index in [9.17, 15) is 0 Å². The van der Waals surface area contributed by atoms with Crippen molar-refractivity contribution in [3.8, 4) is 0 Å². The second kappa shape index (κ2) is 3.26. The lowest BCUT2D eigenvalue weighted by Crippen LogP contribution is -2.11.